The fourth-order valence-electron chi connectivity index (χ4n) is 3.58. The van der Waals surface area contributed by atoms with Crippen molar-refractivity contribution < 1.29 is 9.13 Å². The lowest BCUT2D eigenvalue weighted by molar-refractivity contribution is -0.147. The second-order valence-electron chi connectivity index (χ2n) is 6.29. The highest BCUT2D eigenvalue weighted by Gasteiger charge is 2.44. The lowest BCUT2D eigenvalue weighted by Gasteiger charge is -2.48. The highest BCUT2D eigenvalue weighted by molar-refractivity contribution is 5.26. The van der Waals surface area contributed by atoms with Crippen LogP contribution < -0.4 is 11.3 Å². The Hall–Kier alpha value is -0.970. The summed E-state index contributed by atoms with van der Waals surface area (Å²) in [6, 6.07) is 5.42. The molecule has 20 heavy (non-hydrogen) atoms. The van der Waals surface area contributed by atoms with Crippen molar-refractivity contribution in [1.82, 2.24) is 5.43 Å². The van der Waals surface area contributed by atoms with Gasteiger partial charge in [-0.25, -0.2) is 4.39 Å². The van der Waals surface area contributed by atoms with Crippen molar-refractivity contribution in [1.29, 1.82) is 0 Å². The van der Waals surface area contributed by atoms with E-state index in [2.05, 4.69) is 5.43 Å². The maximum Gasteiger partial charge on any atom is 0.126 e. The number of halogens is 1. The topological polar surface area (TPSA) is 47.3 Å². The molecule has 1 aliphatic carbocycles. The Morgan fingerprint density at radius 3 is 2.85 bits per heavy atom. The van der Waals surface area contributed by atoms with E-state index in [1.54, 1.807) is 13.0 Å². The van der Waals surface area contributed by atoms with Gasteiger partial charge in [-0.2, -0.15) is 0 Å². The quantitative estimate of drug-likeness (QED) is 0.660. The van der Waals surface area contributed by atoms with E-state index in [0.717, 1.165) is 37.9 Å². The second kappa shape index (κ2) is 5.43. The SMILES string of the molecule is Cc1ccc(C(NN)C2CCOC3(CCC3)C2)cc1F. The van der Waals surface area contributed by atoms with E-state index >= 15 is 0 Å². The van der Waals surface area contributed by atoms with Gasteiger partial charge in [-0.3, -0.25) is 11.3 Å². The van der Waals surface area contributed by atoms with Crippen LogP contribution >= 0.6 is 0 Å². The molecule has 1 saturated heterocycles. The van der Waals surface area contributed by atoms with Gasteiger partial charge in [0, 0.05) is 12.6 Å². The normalized spacial score (nSPS) is 26.2. The molecule has 1 heterocycles. The molecule has 0 radical (unpaired) electrons. The molecule has 1 aromatic rings. The first-order valence-corrected chi connectivity index (χ1v) is 7.50. The van der Waals surface area contributed by atoms with Crippen LogP contribution in [0.2, 0.25) is 0 Å². The van der Waals surface area contributed by atoms with Crippen LogP contribution in [0, 0.1) is 18.7 Å². The Kier molecular flexibility index (Phi) is 3.80. The molecular weight excluding hydrogens is 255 g/mol. The molecule has 110 valence electrons. The smallest absolute Gasteiger partial charge is 0.126 e. The fraction of sp³-hybridized carbons (Fsp3) is 0.625. The van der Waals surface area contributed by atoms with Crippen LogP contribution in [0.5, 0.6) is 0 Å². The van der Waals surface area contributed by atoms with Crippen molar-refractivity contribution in [2.45, 2.75) is 50.7 Å². The van der Waals surface area contributed by atoms with Gasteiger partial charge in [0.15, 0.2) is 0 Å². The van der Waals surface area contributed by atoms with Gasteiger partial charge in [0.05, 0.1) is 5.60 Å². The number of hydrogen-bond acceptors (Lipinski definition) is 3. The summed E-state index contributed by atoms with van der Waals surface area (Å²) in [7, 11) is 0. The molecule has 1 saturated carbocycles. The first kappa shape index (κ1) is 14.0. The summed E-state index contributed by atoms with van der Waals surface area (Å²) in [6.07, 6.45) is 5.57. The zero-order valence-corrected chi connectivity index (χ0v) is 12.0. The Bertz CT molecular complexity index is 487. The number of nitrogens with one attached hydrogen (secondary N) is 1. The summed E-state index contributed by atoms with van der Waals surface area (Å²) in [5.74, 6) is 6.01. The summed E-state index contributed by atoms with van der Waals surface area (Å²) < 4.78 is 19.7. The predicted molar refractivity (Wildman–Crippen MR) is 76.5 cm³/mol. The van der Waals surface area contributed by atoms with E-state index in [1.165, 1.54) is 6.42 Å². The molecule has 0 bridgehead atoms. The number of ether oxygens (including phenoxy) is 1. The predicted octanol–water partition coefficient (Wildman–Crippen LogP) is 2.99. The molecule has 3 N–H and O–H groups in total. The molecule has 0 aromatic heterocycles. The number of nitrogens with two attached hydrogens (primary N) is 1. The molecular formula is C16H23FN2O. The van der Waals surface area contributed by atoms with Crippen LogP contribution in [-0.2, 0) is 4.74 Å². The standard InChI is InChI=1S/C16H23FN2O/c1-11-3-4-12(9-14(11)17)15(19-18)13-5-8-20-16(10-13)6-2-7-16/h3-4,9,13,15,19H,2,5-8,10,18H2,1H3. The van der Waals surface area contributed by atoms with Gasteiger partial charge < -0.3 is 4.74 Å². The Morgan fingerprint density at radius 1 is 1.45 bits per heavy atom. The molecule has 1 aromatic carbocycles. The lowest BCUT2D eigenvalue weighted by Crippen LogP contribution is -2.48. The molecule has 2 atom stereocenters. The van der Waals surface area contributed by atoms with Gasteiger partial charge in [0.2, 0.25) is 0 Å². The van der Waals surface area contributed by atoms with Gasteiger partial charge in [-0.05, 0) is 62.1 Å². The van der Waals surface area contributed by atoms with Crippen LogP contribution in [0.4, 0.5) is 4.39 Å². The minimum Gasteiger partial charge on any atom is -0.375 e. The summed E-state index contributed by atoms with van der Waals surface area (Å²) in [6.45, 7) is 2.57. The van der Waals surface area contributed by atoms with Crippen LogP contribution in [0.1, 0.15) is 49.3 Å². The minimum atomic E-state index is -0.159. The van der Waals surface area contributed by atoms with E-state index in [4.69, 9.17) is 10.6 Å². The third-order valence-corrected chi connectivity index (χ3v) is 5.00. The average molecular weight is 278 g/mol. The second-order valence-corrected chi connectivity index (χ2v) is 6.29. The zero-order chi connectivity index (χ0) is 14.2. The van der Waals surface area contributed by atoms with Gasteiger partial charge in [0.1, 0.15) is 5.82 Å². The van der Waals surface area contributed by atoms with Crippen molar-refractivity contribution in [2.24, 2.45) is 11.8 Å². The number of aryl methyl sites for hydroxylation is 1. The summed E-state index contributed by atoms with van der Waals surface area (Å²) in [5.41, 5.74) is 4.60. The van der Waals surface area contributed by atoms with Crippen LogP contribution in [0.15, 0.2) is 18.2 Å². The average Bonchev–Trinajstić information content (AvgIpc) is 2.42. The van der Waals surface area contributed by atoms with Crippen molar-refractivity contribution in [3.8, 4) is 0 Å². The van der Waals surface area contributed by atoms with E-state index in [1.807, 2.05) is 12.1 Å². The summed E-state index contributed by atoms with van der Waals surface area (Å²) >= 11 is 0. The molecule has 1 aliphatic heterocycles. The van der Waals surface area contributed by atoms with Crippen LogP contribution in [0.25, 0.3) is 0 Å². The van der Waals surface area contributed by atoms with E-state index in [-0.39, 0.29) is 17.5 Å². The molecule has 0 amide bonds. The number of hydrazine groups is 1. The fourth-order valence-corrected chi connectivity index (χ4v) is 3.58. The maximum atomic E-state index is 13.8. The third-order valence-electron chi connectivity index (χ3n) is 5.00. The van der Waals surface area contributed by atoms with E-state index in [0.29, 0.717) is 11.5 Å². The van der Waals surface area contributed by atoms with Crippen molar-refractivity contribution >= 4 is 0 Å². The number of hydrogen-bond donors (Lipinski definition) is 2. The number of rotatable bonds is 3. The van der Waals surface area contributed by atoms with E-state index in [9.17, 15) is 4.39 Å². The molecule has 3 rings (SSSR count). The molecule has 4 heteroatoms. The first-order chi connectivity index (χ1) is 9.63. The van der Waals surface area contributed by atoms with Crippen molar-refractivity contribution in [3.63, 3.8) is 0 Å². The number of benzene rings is 1. The summed E-state index contributed by atoms with van der Waals surface area (Å²) in [5, 5.41) is 0. The molecule has 3 nitrogen and oxygen atoms in total. The van der Waals surface area contributed by atoms with E-state index < -0.39 is 0 Å². The highest BCUT2D eigenvalue weighted by atomic mass is 19.1. The van der Waals surface area contributed by atoms with Gasteiger partial charge in [0.25, 0.3) is 0 Å². The Balaban J connectivity index is 1.79. The Labute approximate surface area is 119 Å². The third kappa shape index (κ3) is 2.48. The first-order valence-electron chi connectivity index (χ1n) is 7.50. The minimum absolute atomic E-state index is 0.00600. The van der Waals surface area contributed by atoms with Crippen molar-refractivity contribution in [3.05, 3.63) is 35.1 Å². The van der Waals surface area contributed by atoms with Gasteiger partial charge >= 0.3 is 0 Å². The molecule has 1 spiro atoms. The monoisotopic (exact) mass is 278 g/mol. The van der Waals surface area contributed by atoms with Crippen LogP contribution in [0.3, 0.4) is 0 Å². The van der Waals surface area contributed by atoms with Gasteiger partial charge in [-0.15, -0.1) is 0 Å². The van der Waals surface area contributed by atoms with Gasteiger partial charge in [-0.1, -0.05) is 12.1 Å². The maximum absolute atomic E-state index is 13.8. The molecule has 2 fully saturated rings. The largest absolute Gasteiger partial charge is 0.375 e. The molecule has 2 unspecified atom stereocenters. The highest BCUT2D eigenvalue weighted by Crippen LogP contribution is 2.47. The van der Waals surface area contributed by atoms with Crippen molar-refractivity contribution in [2.75, 3.05) is 6.61 Å². The zero-order valence-electron chi connectivity index (χ0n) is 12.0. The van der Waals surface area contributed by atoms with Crippen LogP contribution in [-0.4, -0.2) is 12.2 Å². The summed E-state index contributed by atoms with van der Waals surface area (Å²) in [4.78, 5) is 0. The lowest BCUT2D eigenvalue weighted by atomic mass is 9.70. The Morgan fingerprint density at radius 2 is 2.25 bits per heavy atom. The molecule has 2 aliphatic rings.